The molecular formula is C19H15Cl4NO5. The van der Waals surface area contributed by atoms with Crippen molar-refractivity contribution in [2.75, 3.05) is 26.1 Å². The summed E-state index contributed by atoms with van der Waals surface area (Å²) in [4.78, 5) is 23.8. The van der Waals surface area contributed by atoms with Gasteiger partial charge in [-0.25, -0.2) is 4.79 Å². The molecule has 0 radical (unpaired) electrons. The third-order valence-electron chi connectivity index (χ3n) is 3.48. The van der Waals surface area contributed by atoms with Gasteiger partial charge in [-0.1, -0.05) is 46.4 Å². The number of ether oxygens (including phenoxy) is 3. The Hall–Kier alpha value is -2.12. The first-order valence-electron chi connectivity index (χ1n) is 7.96. The maximum absolute atomic E-state index is 12.0. The molecular weight excluding hydrogens is 464 g/mol. The van der Waals surface area contributed by atoms with Crippen LogP contribution in [-0.2, 0) is 14.3 Å². The minimum atomic E-state index is -0.737. The van der Waals surface area contributed by atoms with Crippen LogP contribution in [0.3, 0.4) is 0 Å². The second kappa shape index (κ2) is 10.6. The molecule has 0 saturated heterocycles. The number of anilines is 1. The Balaban J connectivity index is 1.96. The lowest BCUT2D eigenvalue weighted by atomic mass is 10.2. The van der Waals surface area contributed by atoms with E-state index >= 15 is 0 Å². The van der Waals surface area contributed by atoms with E-state index in [1.807, 2.05) is 0 Å². The highest BCUT2D eigenvalue weighted by Crippen LogP contribution is 2.36. The standard InChI is InChI=1S/C19H15Cl4NO5/c1-27-15-6-10(5-14(23)19(15)28-2)3-4-17(26)29-9-16(25)24-18-12(21)7-11(20)8-13(18)22/h3-8H,9H2,1-2H3,(H,24,25)/b4-3+. The van der Waals surface area contributed by atoms with Gasteiger partial charge in [0.2, 0.25) is 0 Å². The number of amides is 1. The average molecular weight is 479 g/mol. The van der Waals surface area contributed by atoms with Gasteiger partial charge in [-0.3, -0.25) is 4.79 Å². The van der Waals surface area contributed by atoms with Crippen molar-refractivity contribution in [1.29, 1.82) is 0 Å². The highest BCUT2D eigenvalue weighted by atomic mass is 35.5. The van der Waals surface area contributed by atoms with Gasteiger partial charge in [0, 0.05) is 11.1 Å². The fourth-order valence-corrected chi connectivity index (χ4v) is 3.43. The summed E-state index contributed by atoms with van der Waals surface area (Å²) in [6, 6.07) is 6.07. The van der Waals surface area contributed by atoms with Gasteiger partial charge in [-0.15, -0.1) is 0 Å². The van der Waals surface area contributed by atoms with Crippen LogP contribution in [0.2, 0.25) is 20.1 Å². The summed E-state index contributed by atoms with van der Waals surface area (Å²) in [5, 5.41) is 3.42. The Morgan fingerprint density at radius 3 is 2.21 bits per heavy atom. The zero-order valence-electron chi connectivity index (χ0n) is 15.2. The molecule has 0 bridgehead atoms. The van der Waals surface area contributed by atoms with E-state index in [1.165, 1.54) is 32.4 Å². The summed E-state index contributed by atoms with van der Waals surface area (Å²) < 4.78 is 15.2. The molecule has 2 rings (SSSR count). The van der Waals surface area contributed by atoms with Crippen molar-refractivity contribution in [3.05, 3.63) is 56.0 Å². The molecule has 10 heteroatoms. The van der Waals surface area contributed by atoms with Crippen LogP contribution in [-0.4, -0.2) is 32.7 Å². The smallest absolute Gasteiger partial charge is 0.331 e. The van der Waals surface area contributed by atoms with Crippen molar-refractivity contribution in [3.63, 3.8) is 0 Å². The number of methoxy groups -OCH3 is 2. The minimum Gasteiger partial charge on any atom is -0.493 e. The molecule has 2 aromatic carbocycles. The quantitative estimate of drug-likeness (QED) is 0.419. The molecule has 2 aromatic rings. The normalized spacial score (nSPS) is 10.7. The van der Waals surface area contributed by atoms with Crippen LogP contribution in [0.1, 0.15) is 5.56 Å². The Kier molecular flexibility index (Phi) is 8.46. The first kappa shape index (κ1) is 23.2. The van der Waals surface area contributed by atoms with Gasteiger partial charge in [-0.2, -0.15) is 0 Å². The maximum atomic E-state index is 12.0. The largest absolute Gasteiger partial charge is 0.493 e. The fraction of sp³-hybridized carbons (Fsp3) is 0.158. The van der Waals surface area contributed by atoms with Gasteiger partial charge < -0.3 is 19.5 Å². The molecule has 0 heterocycles. The van der Waals surface area contributed by atoms with Gasteiger partial charge in [0.1, 0.15) is 0 Å². The summed E-state index contributed by atoms with van der Waals surface area (Å²) in [6.45, 7) is -0.537. The number of benzene rings is 2. The molecule has 0 spiro atoms. The molecule has 1 amide bonds. The van der Waals surface area contributed by atoms with Crippen LogP contribution in [0, 0.1) is 0 Å². The molecule has 0 aliphatic rings. The van der Waals surface area contributed by atoms with Crippen LogP contribution in [0.15, 0.2) is 30.3 Å². The lowest BCUT2D eigenvalue weighted by molar-refractivity contribution is -0.142. The lowest BCUT2D eigenvalue weighted by Crippen LogP contribution is -2.20. The summed E-state index contributed by atoms with van der Waals surface area (Å²) in [5.74, 6) is -0.569. The topological polar surface area (TPSA) is 73.9 Å². The highest BCUT2D eigenvalue weighted by molar-refractivity contribution is 6.42. The van der Waals surface area contributed by atoms with Crippen molar-refractivity contribution in [2.45, 2.75) is 0 Å². The second-order valence-electron chi connectivity index (χ2n) is 5.47. The average Bonchev–Trinajstić information content (AvgIpc) is 2.66. The molecule has 0 saturated carbocycles. The molecule has 154 valence electrons. The van der Waals surface area contributed by atoms with Crippen LogP contribution in [0.5, 0.6) is 11.5 Å². The molecule has 0 fully saturated rings. The first-order valence-corrected chi connectivity index (χ1v) is 9.47. The predicted molar refractivity (Wildman–Crippen MR) is 115 cm³/mol. The Labute approximate surface area is 187 Å². The van der Waals surface area contributed by atoms with Crippen LogP contribution < -0.4 is 14.8 Å². The van der Waals surface area contributed by atoms with E-state index in [1.54, 1.807) is 12.1 Å². The molecule has 1 N–H and O–H groups in total. The SMILES string of the molecule is COc1cc(/C=C/C(=O)OCC(=O)Nc2c(Cl)cc(Cl)cc2Cl)cc(Cl)c1OC. The van der Waals surface area contributed by atoms with Gasteiger partial charge in [-0.05, 0) is 35.9 Å². The van der Waals surface area contributed by atoms with E-state index in [9.17, 15) is 9.59 Å². The fourth-order valence-electron chi connectivity index (χ4n) is 2.22. The zero-order chi connectivity index (χ0) is 21.6. The number of esters is 1. The van der Waals surface area contributed by atoms with Crippen LogP contribution in [0.4, 0.5) is 5.69 Å². The summed E-state index contributed by atoms with van der Waals surface area (Å²) in [5.41, 5.74) is 0.753. The Bertz CT molecular complexity index is 939. The number of hydrogen-bond donors (Lipinski definition) is 1. The molecule has 0 aliphatic heterocycles. The summed E-state index contributed by atoms with van der Waals surface area (Å²) in [6.07, 6.45) is 2.61. The predicted octanol–water partition coefficient (Wildman–Crippen LogP) is 5.51. The molecule has 29 heavy (non-hydrogen) atoms. The number of hydrogen-bond acceptors (Lipinski definition) is 5. The molecule has 0 aliphatic carbocycles. The van der Waals surface area contributed by atoms with Crippen molar-refractivity contribution < 1.29 is 23.8 Å². The van der Waals surface area contributed by atoms with Gasteiger partial charge >= 0.3 is 5.97 Å². The van der Waals surface area contributed by atoms with Crippen molar-refractivity contribution in [2.24, 2.45) is 0 Å². The Morgan fingerprint density at radius 2 is 1.62 bits per heavy atom. The number of carbonyl (C=O) groups is 2. The van der Waals surface area contributed by atoms with Crippen molar-refractivity contribution in [1.82, 2.24) is 0 Å². The van der Waals surface area contributed by atoms with Gasteiger partial charge in [0.25, 0.3) is 5.91 Å². The third-order valence-corrected chi connectivity index (χ3v) is 4.58. The lowest BCUT2D eigenvalue weighted by Gasteiger charge is -2.10. The van der Waals surface area contributed by atoms with Crippen LogP contribution in [0.25, 0.3) is 6.08 Å². The van der Waals surface area contributed by atoms with E-state index in [-0.39, 0.29) is 15.7 Å². The zero-order valence-corrected chi connectivity index (χ0v) is 18.2. The van der Waals surface area contributed by atoms with E-state index in [2.05, 4.69) is 5.32 Å². The van der Waals surface area contributed by atoms with E-state index in [0.29, 0.717) is 27.1 Å². The monoisotopic (exact) mass is 477 g/mol. The van der Waals surface area contributed by atoms with Crippen LogP contribution >= 0.6 is 46.4 Å². The Morgan fingerprint density at radius 1 is 0.966 bits per heavy atom. The molecule has 0 unspecified atom stereocenters. The van der Waals surface area contributed by atoms with Gasteiger partial charge in [0.15, 0.2) is 18.1 Å². The highest BCUT2D eigenvalue weighted by Gasteiger charge is 2.13. The number of rotatable bonds is 7. The minimum absolute atomic E-state index is 0.160. The molecule has 6 nitrogen and oxygen atoms in total. The van der Waals surface area contributed by atoms with E-state index in [0.717, 1.165) is 6.08 Å². The van der Waals surface area contributed by atoms with Crippen molar-refractivity contribution >= 4 is 70.0 Å². The number of nitrogens with one attached hydrogen (secondary N) is 1. The number of carbonyl (C=O) groups excluding carboxylic acids is 2. The second-order valence-corrected chi connectivity index (χ2v) is 7.13. The van der Waals surface area contributed by atoms with Crippen molar-refractivity contribution in [3.8, 4) is 11.5 Å². The summed E-state index contributed by atoms with van der Waals surface area (Å²) >= 11 is 23.9. The third kappa shape index (κ3) is 6.44. The van der Waals surface area contributed by atoms with E-state index < -0.39 is 18.5 Å². The van der Waals surface area contributed by atoms with Gasteiger partial charge in [0.05, 0.1) is 35.0 Å². The molecule has 0 aromatic heterocycles. The summed E-state index contributed by atoms with van der Waals surface area (Å²) in [7, 11) is 2.93. The van der Waals surface area contributed by atoms with E-state index in [4.69, 9.17) is 60.6 Å². The number of halogens is 4. The maximum Gasteiger partial charge on any atom is 0.331 e. The molecule has 0 atom stereocenters. The first-order chi connectivity index (χ1) is 13.7.